The van der Waals surface area contributed by atoms with E-state index in [2.05, 4.69) is 0 Å². The summed E-state index contributed by atoms with van der Waals surface area (Å²) in [5.74, 6) is 0. The van der Waals surface area contributed by atoms with E-state index in [0.717, 1.165) is 6.08 Å². The monoisotopic (exact) mass is 72.0 g/mol. The molecule has 0 aromatic heterocycles. The number of rotatable bonds is 1. The van der Waals surface area contributed by atoms with Crippen molar-refractivity contribution < 1.29 is 10.2 Å². The second kappa shape index (κ2) is 3.50. The van der Waals surface area contributed by atoms with E-state index in [-0.39, 0.29) is 0 Å². The van der Waals surface area contributed by atoms with E-state index in [9.17, 15) is 5.11 Å². The lowest BCUT2D eigenvalue weighted by Gasteiger charge is -1.59. The summed E-state index contributed by atoms with van der Waals surface area (Å²) in [5.41, 5.74) is 0. The molecule has 28 valence electrons. The van der Waals surface area contributed by atoms with Crippen LogP contribution in [0.3, 0.4) is 0 Å². The summed E-state index contributed by atoms with van der Waals surface area (Å²) >= 11 is 0. The van der Waals surface area contributed by atoms with Crippen molar-refractivity contribution in [3.05, 3.63) is 12.3 Å². The maximum atomic E-state index is 9.24. The fourth-order valence-corrected chi connectivity index (χ4v) is 0.0393. The molecule has 0 bridgehead atoms. The predicted molar refractivity (Wildman–Crippen MR) is 15.4 cm³/mol. The third kappa shape index (κ3) is 3.50. The van der Waals surface area contributed by atoms with Gasteiger partial charge in [-0.2, -0.15) is 0 Å². The Balaban J connectivity index is 2.62. The van der Waals surface area contributed by atoms with E-state index in [1.54, 1.807) is 0 Å². The number of hydrogen-bond donors (Lipinski definition) is 0. The van der Waals surface area contributed by atoms with E-state index >= 15 is 0 Å². The molecule has 0 amide bonds. The average molecular weight is 72.1 g/mol. The second-order valence-electron chi connectivity index (χ2n) is 0.538. The van der Waals surface area contributed by atoms with E-state index < -0.39 is 6.61 Å². The van der Waals surface area contributed by atoms with Crippen LogP contribution in [0.4, 0.5) is 0 Å². The Morgan fingerprint density at radius 3 is 2.20 bits per heavy atom. The van der Waals surface area contributed by atoms with Crippen molar-refractivity contribution in [1.29, 1.82) is 0 Å². The highest BCUT2D eigenvalue weighted by Crippen LogP contribution is 1.59. The lowest BCUT2D eigenvalue weighted by molar-refractivity contribution is 0.227. The molecule has 0 atom stereocenters. The molecule has 0 rings (SSSR count). The summed E-state index contributed by atoms with van der Waals surface area (Å²) in [7, 11) is 0. The molecule has 2 radical (unpaired) electrons. The molecule has 0 saturated carbocycles. The maximum absolute atomic E-state index is 9.24. The van der Waals surface area contributed by atoms with Crippen LogP contribution in [0, 0.1) is 0 Å². The summed E-state index contributed by atoms with van der Waals surface area (Å²) in [6.45, 7) is -0.399. The van der Waals surface area contributed by atoms with Crippen LogP contribution in [-0.2, 0) is 10.2 Å². The van der Waals surface area contributed by atoms with Crippen molar-refractivity contribution in [2.45, 2.75) is 0 Å². The molecule has 0 spiro atoms. The predicted octanol–water partition coefficient (Wildman–Crippen LogP) is 0.361. The van der Waals surface area contributed by atoms with E-state index in [4.69, 9.17) is 5.11 Å². The van der Waals surface area contributed by atoms with Gasteiger partial charge in [-0.05, 0) is 6.08 Å². The SMILES string of the molecule is [O]C=CC[O]. The van der Waals surface area contributed by atoms with Crippen LogP contribution < -0.4 is 0 Å². The largest absolute Gasteiger partial charge is 0.299 e. The minimum Gasteiger partial charge on any atom is -0.299 e. The van der Waals surface area contributed by atoms with Gasteiger partial charge in [0.25, 0.3) is 0 Å². The highest BCUT2D eigenvalue weighted by atomic mass is 16.3. The van der Waals surface area contributed by atoms with Gasteiger partial charge in [0.05, 0.1) is 0 Å². The van der Waals surface area contributed by atoms with Gasteiger partial charge < -0.3 is 0 Å². The second-order valence-corrected chi connectivity index (χ2v) is 0.538. The molecule has 0 aromatic carbocycles. The molecule has 0 N–H and O–H groups in total. The van der Waals surface area contributed by atoms with Crippen LogP contribution in [-0.4, -0.2) is 6.61 Å². The van der Waals surface area contributed by atoms with E-state index in [0.29, 0.717) is 6.26 Å². The Labute approximate surface area is 30.4 Å². The van der Waals surface area contributed by atoms with Crippen LogP contribution in [0.25, 0.3) is 0 Å². The Morgan fingerprint density at radius 1 is 1.60 bits per heavy atom. The van der Waals surface area contributed by atoms with Gasteiger partial charge in [0.15, 0.2) is 0 Å². The summed E-state index contributed by atoms with van der Waals surface area (Å²) in [4.78, 5) is 0. The maximum Gasteiger partial charge on any atom is 0.141 e. The lowest BCUT2D eigenvalue weighted by atomic mass is 10.7. The minimum absolute atomic E-state index is 0.399. The van der Waals surface area contributed by atoms with Gasteiger partial charge in [-0.1, -0.05) is 0 Å². The summed E-state index contributed by atoms with van der Waals surface area (Å²) in [6.07, 6.45) is 1.51. The molecule has 0 fully saturated rings. The molecule has 0 unspecified atom stereocenters. The van der Waals surface area contributed by atoms with Crippen molar-refractivity contribution in [1.82, 2.24) is 0 Å². The molecule has 0 aliphatic rings. The zero-order valence-electron chi connectivity index (χ0n) is 2.68. The molecule has 0 saturated heterocycles. The van der Waals surface area contributed by atoms with Crippen LogP contribution in [0.5, 0.6) is 0 Å². The summed E-state index contributed by atoms with van der Waals surface area (Å²) in [6, 6.07) is 0. The highest BCUT2D eigenvalue weighted by molar-refractivity contribution is 4.67. The molecular formula is C3H4O2. The molecule has 0 heterocycles. The molecule has 5 heavy (non-hydrogen) atoms. The summed E-state index contributed by atoms with van der Waals surface area (Å²) < 4.78 is 0. The third-order valence-electron chi connectivity index (χ3n) is 0.192. The normalized spacial score (nSPS) is 9.80. The zero-order chi connectivity index (χ0) is 4.12. The van der Waals surface area contributed by atoms with Gasteiger partial charge in [0.1, 0.15) is 12.9 Å². The Kier molecular flexibility index (Phi) is 3.15. The first-order valence-electron chi connectivity index (χ1n) is 1.27. The Morgan fingerprint density at radius 2 is 2.20 bits per heavy atom. The molecule has 0 aliphatic heterocycles. The van der Waals surface area contributed by atoms with Gasteiger partial charge in [0.2, 0.25) is 0 Å². The first kappa shape index (κ1) is 4.50. The van der Waals surface area contributed by atoms with Crippen LogP contribution >= 0.6 is 0 Å². The van der Waals surface area contributed by atoms with Gasteiger partial charge in [0, 0.05) is 0 Å². The Hall–Kier alpha value is -0.500. The van der Waals surface area contributed by atoms with E-state index in [1.165, 1.54) is 0 Å². The van der Waals surface area contributed by atoms with Crippen LogP contribution in [0.2, 0.25) is 0 Å². The van der Waals surface area contributed by atoms with Crippen molar-refractivity contribution in [3.8, 4) is 0 Å². The van der Waals surface area contributed by atoms with Gasteiger partial charge in [-0.3, -0.25) is 5.11 Å². The van der Waals surface area contributed by atoms with Gasteiger partial charge in [-0.25, -0.2) is 5.11 Å². The van der Waals surface area contributed by atoms with Crippen molar-refractivity contribution >= 4 is 0 Å². The zero-order valence-corrected chi connectivity index (χ0v) is 2.68. The fraction of sp³-hybridized carbons (Fsp3) is 0.333. The smallest absolute Gasteiger partial charge is 0.141 e. The molecule has 0 aromatic rings. The third-order valence-corrected chi connectivity index (χ3v) is 0.192. The van der Waals surface area contributed by atoms with Crippen LogP contribution in [0.15, 0.2) is 12.3 Å². The van der Waals surface area contributed by atoms with Crippen molar-refractivity contribution in [3.63, 3.8) is 0 Å². The first-order chi connectivity index (χ1) is 2.41. The first-order valence-corrected chi connectivity index (χ1v) is 1.27. The summed E-state index contributed by atoms with van der Waals surface area (Å²) in [5, 5.41) is 18.4. The lowest BCUT2D eigenvalue weighted by Crippen LogP contribution is -1.62. The molecular weight excluding hydrogens is 68.0 g/mol. The van der Waals surface area contributed by atoms with Gasteiger partial charge >= 0.3 is 0 Å². The van der Waals surface area contributed by atoms with Crippen molar-refractivity contribution in [2.24, 2.45) is 0 Å². The standard InChI is InChI=1S/C3H4O2/c4-2-1-3-5/h1-2H,3H2. The fourth-order valence-electron chi connectivity index (χ4n) is 0.0393. The topological polar surface area (TPSA) is 39.8 Å². The average Bonchev–Trinajstić information content (AvgIpc) is 1.41. The van der Waals surface area contributed by atoms with E-state index in [1.807, 2.05) is 0 Å². The quantitative estimate of drug-likeness (QED) is 0.401. The number of hydrogen-bond acceptors (Lipinski definition) is 0. The Bertz CT molecular complexity index is 31.9. The van der Waals surface area contributed by atoms with Crippen molar-refractivity contribution in [2.75, 3.05) is 6.61 Å². The van der Waals surface area contributed by atoms with Crippen LogP contribution in [0.1, 0.15) is 0 Å². The molecule has 2 heteroatoms. The minimum atomic E-state index is -0.399. The highest BCUT2D eigenvalue weighted by Gasteiger charge is 1.59. The molecule has 2 nitrogen and oxygen atoms in total. The van der Waals surface area contributed by atoms with Gasteiger partial charge in [-0.15, -0.1) is 0 Å². The molecule has 0 aliphatic carbocycles.